The van der Waals surface area contributed by atoms with Gasteiger partial charge in [-0.2, -0.15) is 0 Å². The van der Waals surface area contributed by atoms with Gasteiger partial charge in [-0.25, -0.2) is 9.97 Å². The quantitative estimate of drug-likeness (QED) is 0.0777. The summed E-state index contributed by atoms with van der Waals surface area (Å²) in [6.45, 7) is 0. The molecule has 3 aliphatic carbocycles. The van der Waals surface area contributed by atoms with Gasteiger partial charge in [0.1, 0.15) is 32.3 Å². The predicted molar refractivity (Wildman–Crippen MR) is 376 cm³/mol. The van der Waals surface area contributed by atoms with Crippen LogP contribution < -0.4 is 24.2 Å². The first kappa shape index (κ1) is 66.0. The number of hydrogen-bond acceptors (Lipinski definition) is 9. The van der Waals surface area contributed by atoms with Crippen molar-refractivity contribution in [1.29, 1.82) is 0 Å². The molecule has 10 aromatic rings. The number of benzene rings is 7. The van der Waals surface area contributed by atoms with E-state index in [9.17, 15) is 0 Å². The summed E-state index contributed by atoms with van der Waals surface area (Å²) in [7, 11) is 0. The van der Waals surface area contributed by atoms with Gasteiger partial charge in [0.25, 0.3) is 0 Å². The summed E-state index contributed by atoms with van der Waals surface area (Å²) in [4.78, 5) is 40.5. The van der Waals surface area contributed by atoms with Gasteiger partial charge in [0.15, 0.2) is 17.2 Å². The summed E-state index contributed by atoms with van der Waals surface area (Å²) in [6, 6.07) is 23.6. The van der Waals surface area contributed by atoms with E-state index in [4.69, 9.17) is 205 Å². The van der Waals surface area contributed by atoms with Crippen LogP contribution in [0.3, 0.4) is 0 Å². The van der Waals surface area contributed by atoms with E-state index in [0.717, 1.165) is 38.5 Å². The number of ether oxygens (including phenoxy) is 3. The van der Waals surface area contributed by atoms with E-state index >= 15 is 0 Å². The molecule has 15 rings (SSSR count). The summed E-state index contributed by atoms with van der Waals surface area (Å²) in [5.74, 6) is 2.27. The second-order valence-corrected chi connectivity index (χ2v) is 28.5. The van der Waals surface area contributed by atoms with Gasteiger partial charge in [0.05, 0.1) is 73.5 Å². The Morgan fingerprint density at radius 3 is 0.817 bits per heavy atom. The molecule has 0 atom stereocenters. The van der Waals surface area contributed by atoms with Gasteiger partial charge >= 0.3 is 19.5 Å². The fraction of sp³-hybridized carbons (Fsp3) is 0.265. The standard InChI is InChI=1S/C68H45Cl13N8O3.Zn/c69-45-37-38(46(70)54(78)53(45)77)62-82-61(37)83-63-39-42(50(74)58(55(79)47(39)71)90-34-22-16-31(17-23-34)28-10-4-1-5-11-28)66(85-63)87-65-41-44(52(76)60(57(81)49(41)73)92-36-26-20-33(21-27-36)30-14-8-3-9-15-30)68(88-65)89-67-43-40(64(84-62)86-67)48(72)56(80)59(51(43)75)91-35-24-18-32(19-25-35)29-12-6-2-7-13-29;/h16-30H,1-15H2;/q-2;+2. The van der Waals surface area contributed by atoms with Crippen molar-refractivity contribution in [3.05, 3.63) is 155 Å². The van der Waals surface area contributed by atoms with Gasteiger partial charge in [-0.3, -0.25) is 0 Å². The molecule has 5 aliphatic rings. The molecule has 0 amide bonds. The first-order valence-electron chi connectivity index (χ1n) is 30.0. The second-order valence-electron chi connectivity index (χ2n) is 23.6. The van der Waals surface area contributed by atoms with Gasteiger partial charge < -0.3 is 44.1 Å². The van der Waals surface area contributed by atoms with Crippen molar-refractivity contribution in [2.24, 2.45) is 0 Å². The van der Waals surface area contributed by atoms with Crippen molar-refractivity contribution >= 4 is 195 Å². The van der Waals surface area contributed by atoms with Crippen molar-refractivity contribution in [3.8, 4) is 80.0 Å². The first-order chi connectivity index (χ1) is 44.5. The zero-order valence-corrected chi connectivity index (χ0v) is 61.5. The Bertz CT molecular complexity index is 4900. The van der Waals surface area contributed by atoms with E-state index in [-0.39, 0.29) is 192 Å². The fourth-order valence-electron chi connectivity index (χ4n) is 13.5. The summed E-state index contributed by atoms with van der Waals surface area (Å²) in [5.41, 5.74) is 3.74. The smallest absolute Gasteiger partial charge is 0.454 e. The third-order valence-electron chi connectivity index (χ3n) is 18.1. The minimum Gasteiger partial charge on any atom is -0.454 e. The summed E-state index contributed by atoms with van der Waals surface area (Å²) in [5, 5.41) is -0.352. The molecule has 468 valence electrons. The molecule has 8 bridgehead atoms. The van der Waals surface area contributed by atoms with Crippen LogP contribution in [0.2, 0.25) is 65.3 Å². The van der Waals surface area contributed by atoms with Crippen LogP contribution in [-0.2, 0) is 19.5 Å². The maximum atomic E-state index is 7.63. The normalized spacial score (nSPS) is 15.4. The zero-order valence-electron chi connectivity index (χ0n) is 48.7. The molecule has 3 aromatic heterocycles. The van der Waals surface area contributed by atoms with Crippen LogP contribution >= 0.6 is 151 Å². The van der Waals surface area contributed by atoms with E-state index < -0.39 is 0 Å². The molecule has 3 fully saturated rings. The largest absolute Gasteiger partial charge is 2.00 e. The van der Waals surface area contributed by atoms with Gasteiger partial charge in [-0.15, -0.1) is 0 Å². The van der Waals surface area contributed by atoms with Gasteiger partial charge in [0.2, 0.25) is 0 Å². The Kier molecular flexibility index (Phi) is 19.0. The van der Waals surface area contributed by atoms with Crippen LogP contribution in [0.15, 0.2) is 72.8 Å². The van der Waals surface area contributed by atoms with Crippen molar-refractivity contribution in [2.45, 2.75) is 114 Å². The average molecular weight is 1550 g/mol. The van der Waals surface area contributed by atoms with Crippen molar-refractivity contribution in [1.82, 2.24) is 39.9 Å². The number of halogens is 13. The average Bonchev–Trinajstić information content (AvgIpc) is 1.60. The van der Waals surface area contributed by atoms with E-state index in [0.29, 0.717) is 35.0 Å². The number of aromatic nitrogens is 8. The summed E-state index contributed by atoms with van der Waals surface area (Å²) in [6.07, 6.45) is 17.4. The Balaban J connectivity index is 0.00000749. The predicted octanol–water partition coefficient (Wildman–Crippen LogP) is 26.1. The fourth-order valence-corrected chi connectivity index (χ4v) is 17.1. The van der Waals surface area contributed by atoms with Gasteiger partial charge in [-0.05, 0) is 109 Å². The molecule has 0 N–H and O–H groups in total. The third kappa shape index (κ3) is 11.8. The number of fused-ring (bicyclic) bond motifs is 20. The van der Waals surface area contributed by atoms with Crippen molar-refractivity contribution < 1.29 is 33.7 Å². The third-order valence-corrected chi connectivity index (χ3v) is 23.5. The second kappa shape index (κ2) is 26.8. The van der Waals surface area contributed by atoms with Gasteiger partial charge in [-0.1, -0.05) is 245 Å². The van der Waals surface area contributed by atoms with Crippen molar-refractivity contribution in [2.75, 3.05) is 0 Å². The summed E-state index contributed by atoms with van der Waals surface area (Å²) < 4.78 is 19.7. The Labute approximate surface area is 611 Å². The van der Waals surface area contributed by atoms with E-state index in [1.165, 1.54) is 74.5 Å². The monoisotopic (exact) mass is 1540 g/mol. The number of hydrogen-bond donors (Lipinski definition) is 0. The molecule has 11 nitrogen and oxygen atoms in total. The maximum Gasteiger partial charge on any atom is 2.00 e. The molecule has 3 saturated carbocycles. The van der Waals surface area contributed by atoms with Crippen LogP contribution in [0.4, 0.5) is 0 Å². The van der Waals surface area contributed by atoms with Crippen LogP contribution in [0.5, 0.6) is 34.5 Å². The molecular weight excluding hydrogens is 1500 g/mol. The zero-order chi connectivity index (χ0) is 63.5. The van der Waals surface area contributed by atoms with E-state index in [1.807, 2.05) is 36.4 Å². The molecule has 2 aliphatic heterocycles. The molecule has 0 spiro atoms. The molecular formula is C68H45Cl13N8O3Zn. The molecule has 0 radical (unpaired) electrons. The molecule has 7 aromatic carbocycles. The SMILES string of the molecule is Clc1c(Cl)c(Cl)c2c(c1Cl)-c1nc-2nc2[n-]c(nc3nc(nc4[n-]c(n1)c1c(Cl)c(Cl)c(Oc5ccc(C6CCCCC6)cc5)c(Cl)c41)-c1c(Cl)c(Cl)c(Oc4ccc(C5CCCCC5)cc4)c(Cl)c1-3)c1c(Cl)c(Oc3ccc(C4CCCCC4)cc3)c(Cl)c(Cl)c21.[Zn+2]. The molecule has 5 heterocycles. The number of rotatable bonds is 9. The Hall–Kier alpha value is -4.31. The van der Waals surface area contributed by atoms with Crippen LogP contribution in [0, 0.1) is 0 Å². The van der Waals surface area contributed by atoms with E-state index in [1.54, 1.807) is 0 Å². The minimum atomic E-state index is -0.103. The molecule has 0 saturated heterocycles. The first-order valence-corrected chi connectivity index (χ1v) is 35.0. The van der Waals surface area contributed by atoms with Crippen LogP contribution in [0.1, 0.15) is 131 Å². The maximum absolute atomic E-state index is 7.63. The summed E-state index contributed by atoms with van der Waals surface area (Å²) >= 11 is 94.9. The molecule has 93 heavy (non-hydrogen) atoms. The number of nitrogens with zero attached hydrogens (tertiary/aromatic N) is 8. The Morgan fingerprint density at radius 1 is 0.269 bits per heavy atom. The van der Waals surface area contributed by atoms with Crippen LogP contribution in [-0.4, -0.2) is 29.9 Å². The molecule has 25 heteroatoms. The topological polar surface area (TPSA) is 133 Å². The van der Waals surface area contributed by atoms with Gasteiger partial charge in [0, 0.05) is 66.4 Å². The Morgan fingerprint density at radius 2 is 0.516 bits per heavy atom. The molecule has 0 unspecified atom stereocenters. The minimum absolute atomic E-state index is 0. The van der Waals surface area contributed by atoms with Crippen molar-refractivity contribution in [3.63, 3.8) is 0 Å². The van der Waals surface area contributed by atoms with Crippen LogP contribution in [0.25, 0.3) is 89.7 Å². The van der Waals surface area contributed by atoms with E-state index in [2.05, 4.69) is 36.4 Å².